The summed E-state index contributed by atoms with van der Waals surface area (Å²) in [6.07, 6.45) is 1.22. The summed E-state index contributed by atoms with van der Waals surface area (Å²) in [5.41, 5.74) is 4.01. The predicted octanol–water partition coefficient (Wildman–Crippen LogP) is 5.30. The number of nitro groups is 1. The van der Waals surface area contributed by atoms with Crippen molar-refractivity contribution in [3.8, 4) is 0 Å². The molecule has 3 aromatic carbocycles. The van der Waals surface area contributed by atoms with E-state index >= 15 is 0 Å². The summed E-state index contributed by atoms with van der Waals surface area (Å²) in [5, 5.41) is 13.9. The summed E-state index contributed by atoms with van der Waals surface area (Å²) in [7, 11) is 0. The molecule has 0 spiro atoms. The van der Waals surface area contributed by atoms with Crippen LogP contribution in [0.2, 0.25) is 0 Å². The number of carbonyl (C=O) groups is 2. The van der Waals surface area contributed by atoms with Gasteiger partial charge in [0.15, 0.2) is 0 Å². The molecule has 0 unspecified atom stereocenters. The predicted molar refractivity (Wildman–Crippen MR) is 148 cm³/mol. The Kier molecular flexibility index (Phi) is 10.7. The molecule has 0 fully saturated rings. The quantitative estimate of drug-likeness (QED) is 0.244. The molecule has 1 N–H and O–H groups in total. The molecule has 0 saturated heterocycles. The molecule has 194 valence electrons. The van der Waals surface area contributed by atoms with Gasteiger partial charge in [-0.15, -0.1) is 11.8 Å². The van der Waals surface area contributed by atoms with E-state index < -0.39 is 11.0 Å². The second kappa shape index (κ2) is 14.2. The van der Waals surface area contributed by atoms with E-state index in [1.54, 1.807) is 17.0 Å². The summed E-state index contributed by atoms with van der Waals surface area (Å²) in [5.74, 6) is 0.439. The molecule has 3 aromatic rings. The van der Waals surface area contributed by atoms with Gasteiger partial charge in [0.25, 0.3) is 5.69 Å². The summed E-state index contributed by atoms with van der Waals surface area (Å²) in [6, 6.07) is 23.4. The highest BCUT2D eigenvalue weighted by Gasteiger charge is 2.30. The minimum Gasteiger partial charge on any atom is -0.354 e. The first-order chi connectivity index (χ1) is 17.9. The number of carbonyl (C=O) groups excluding carboxylic acids is 2. The van der Waals surface area contributed by atoms with E-state index in [9.17, 15) is 19.7 Å². The maximum absolute atomic E-state index is 13.6. The molecular formula is C29H33N3O4S. The average Bonchev–Trinajstić information content (AvgIpc) is 2.91. The van der Waals surface area contributed by atoms with Crippen LogP contribution in [0, 0.1) is 17.0 Å². The minimum atomic E-state index is -0.650. The van der Waals surface area contributed by atoms with Crippen molar-refractivity contribution in [2.45, 2.75) is 45.0 Å². The van der Waals surface area contributed by atoms with Crippen LogP contribution in [0.3, 0.4) is 0 Å². The van der Waals surface area contributed by atoms with Crippen molar-refractivity contribution >= 4 is 29.3 Å². The number of hydrogen-bond acceptors (Lipinski definition) is 5. The monoisotopic (exact) mass is 519 g/mol. The molecule has 0 saturated carbocycles. The lowest BCUT2D eigenvalue weighted by Crippen LogP contribution is -2.51. The van der Waals surface area contributed by atoms with Crippen LogP contribution in [0.25, 0.3) is 0 Å². The highest BCUT2D eigenvalue weighted by molar-refractivity contribution is 7.99. The molecule has 7 nitrogen and oxygen atoms in total. The normalized spacial score (nSPS) is 11.5. The first-order valence-electron chi connectivity index (χ1n) is 12.3. The van der Waals surface area contributed by atoms with Gasteiger partial charge in [-0.1, -0.05) is 79.2 Å². The van der Waals surface area contributed by atoms with Crippen molar-refractivity contribution in [3.63, 3.8) is 0 Å². The third-order valence-electron chi connectivity index (χ3n) is 5.94. The van der Waals surface area contributed by atoms with E-state index in [1.165, 1.54) is 23.9 Å². The van der Waals surface area contributed by atoms with E-state index in [2.05, 4.69) is 5.32 Å². The van der Waals surface area contributed by atoms with Gasteiger partial charge in [0.05, 0.1) is 10.7 Å². The van der Waals surface area contributed by atoms with Crippen molar-refractivity contribution in [2.75, 3.05) is 12.3 Å². The van der Waals surface area contributed by atoms with Crippen LogP contribution in [0.15, 0.2) is 78.9 Å². The van der Waals surface area contributed by atoms with E-state index in [4.69, 9.17) is 0 Å². The number of nitro benzene ring substituents is 1. The third-order valence-corrected chi connectivity index (χ3v) is 6.92. The van der Waals surface area contributed by atoms with Gasteiger partial charge >= 0.3 is 0 Å². The fourth-order valence-corrected chi connectivity index (χ4v) is 4.73. The highest BCUT2D eigenvalue weighted by atomic mass is 32.2. The largest absolute Gasteiger partial charge is 0.354 e. The van der Waals surface area contributed by atoms with Crippen LogP contribution >= 0.6 is 11.8 Å². The zero-order chi connectivity index (χ0) is 26.6. The summed E-state index contributed by atoms with van der Waals surface area (Å²) < 4.78 is 0. The number of rotatable bonds is 13. The fraction of sp³-hybridized carbons (Fsp3) is 0.310. The Hall–Kier alpha value is -3.65. The van der Waals surface area contributed by atoms with Crippen LogP contribution in [-0.4, -0.2) is 40.0 Å². The molecule has 0 aliphatic rings. The second-order valence-corrected chi connectivity index (χ2v) is 9.91. The van der Waals surface area contributed by atoms with Crippen LogP contribution in [0.5, 0.6) is 0 Å². The summed E-state index contributed by atoms with van der Waals surface area (Å²) >= 11 is 1.43. The molecule has 1 atom stereocenters. The van der Waals surface area contributed by atoms with Crippen molar-refractivity contribution in [3.05, 3.63) is 111 Å². The maximum Gasteiger partial charge on any atom is 0.269 e. The van der Waals surface area contributed by atoms with Gasteiger partial charge in [-0.2, -0.15) is 0 Å². The van der Waals surface area contributed by atoms with Crippen molar-refractivity contribution in [2.24, 2.45) is 0 Å². The zero-order valence-corrected chi connectivity index (χ0v) is 22.1. The maximum atomic E-state index is 13.6. The van der Waals surface area contributed by atoms with Crippen LogP contribution < -0.4 is 5.32 Å². The van der Waals surface area contributed by atoms with Gasteiger partial charge in [-0.05, 0) is 30.0 Å². The summed E-state index contributed by atoms with van der Waals surface area (Å²) in [6.45, 7) is 4.88. The number of non-ortho nitro benzene ring substituents is 1. The van der Waals surface area contributed by atoms with E-state index in [1.807, 2.05) is 68.4 Å². The van der Waals surface area contributed by atoms with Crippen molar-refractivity contribution in [1.29, 1.82) is 0 Å². The molecule has 3 rings (SSSR count). The molecule has 0 aliphatic heterocycles. The standard InChI is InChI=1S/C29H33N3O4S/c1-3-17-30-29(34)27(18-23-7-5-4-6-8-23)31(19-24-11-9-22(2)10-12-24)28(33)21-37-20-25-13-15-26(16-14-25)32(35)36/h4-16,27H,3,17-21H2,1-2H3,(H,30,34)/t27-/m0/s1. The molecule has 0 heterocycles. The molecule has 0 aromatic heterocycles. The Balaban J connectivity index is 1.80. The second-order valence-electron chi connectivity index (χ2n) is 8.92. The first kappa shape index (κ1) is 27.9. The van der Waals surface area contributed by atoms with Crippen LogP contribution in [0.4, 0.5) is 5.69 Å². The number of thioether (sulfide) groups is 1. The smallest absolute Gasteiger partial charge is 0.269 e. The Morgan fingerprint density at radius 1 is 0.946 bits per heavy atom. The van der Waals surface area contributed by atoms with Crippen molar-refractivity contribution < 1.29 is 14.5 Å². The number of nitrogens with one attached hydrogen (secondary N) is 1. The number of amides is 2. The SMILES string of the molecule is CCCNC(=O)[C@H](Cc1ccccc1)N(Cc1ccc(C)cc1)C(=O)CSCc1ccc([N+](=O)[O-])cc1. The molecule has 8 heteroatoms. The fourth-order valence-electron chi connectivity index (χ4n) is 3.86. The molecule has 2 amide bonds. The van der Waals surface area contributed by atoms with Crippen LogP contribution in [0.1, 0.15) is 35.6 Å². The lowest BCUT2D eigenvalue weighted by molar-refractivity contribution is -0.384. The van der Waals surface area contributed by atoms with Gasteiger partial charge < -0.3 is 10.2 Å². The lowest BCUT2D eigenvalue weighted by atomic mass is 10.0. The molecule has 0 bridgehead atoms. The van der Waals surface area contributed by atoms with Gasteiger partial charge in [0, 0.05) is 37.4 Å². The average molecular weight is 520 g/mol. The molecule has 0 aliphatic carbocycles. The number of hydrogen-bond donors (Lipinski definition) is 1. The van der Waals surface area contributed by atoms with Gasteiger partial charge in [-0.3, -0.25) is 19.7 Å². The molecular weight excluding hydrogens is 486 g/mol. The van der Waals surface area contributed by atoms with Gasteiger partial charge in [-0.25, -0.2) is 0 Å². The Bertz CT molecular complexity index is 1170. The molecule has 37 heavy (non-hydrogen) atoms. The number of nitrogens with zero attached hydrogens (tertiary/aromatic N) is 2. The van der Waals surface area contributed by atoms with E-state index in [0.717, 1.165) is 28.7 Å². The van der Waals surface area contributed by atoms with E-state index in [0.29, 0.717) is 25.3 Å². The Labute approximate surface area is 222 Å². The Morgan fingerprint density at radius 2 is 1.59 bits per heavy atom. The first-order valence-corrected chi connectivity index (χ1v) is 13.5. The van der Waals surface area contributed by atoms with Gasteiger partial charge in [0.2, 0.25) is 11.8 Å². The van der Waals surface area contributed by atoms with Crippen molar-refractivity contribution in [1.82, 2.24) is 10.2 Å². The minimum absolute atomic E-state index is 0.0379. The van der Waals surface area contributed by atoms with Crippen LogP contribution in [-0.2, 0) is 28.3 Å². The topological polar surface area (TPSA) is 92.6 Å². The van der Waals surface area contributed by atoms with Gasteiger partial charge in [0.1, 0.15) is 6.04 Å². The lowest BCUT2D eigenvalue weighted by Gasteiger charge is -2.31. The molecule has 0 radical (unpaired) electrons. The number of aryl methyl sites for hydroxylation is 1. The summed E-state index contributed by atoms with van der Waals surface area (Å²) in [4.78, 5) is 39.1. The Morgan fingerprint density at radius 3 is 2.22 bits per heavy atom. The third kappa shape index (κ3) is 8.75. The zero-order valence-electron chi connectivity index (χ0n) is 21.3. The van der Waals surface area contributed by atoms with E-state index in [-0.39, 0.29) is 23.3 Å². The number of benzene rings is 3. The highest BCUT2D eigenvalue weighted by Crippen LogP contribution is 2.20.